The van der Waals surface area contributed by atoms with Crippen LogP contribution in [0.15, 0.2) is 12.3 Å². The van der Waals surface area contributed by atoms with Crippen LogP contribution in [0.2, 0.25) is 5.15 Å². The van der Waals surface area contributed by atoms with Gasteiger partial charge in [-0.05, 0) is 6.07 Å². The molecule has 0 aliphatic rings. The van der Waals surface area contributed by atoms with Gasteiger partial charge in [-0.15, -0.1) is 0 Å². The van der Waals surface area contributed by atoms with E-state index in [1.807, 2.05) is 0 Å². The highest BCUT2D eigenvalue weighted by Gasteiger charge is 2.03. The van der Waals surface area contributed by atoms with Crippen LogP contribution in [0.1, 0.15) is 12.5 Å². The predicted octanol–water partition coefficient (Wildman–Crippen LogP) is 2.51. The van der Waals surface area contributed by atoms with E-state index in [1.54, 1.807) is 0 Å². The van der Waals surface area contributed by atoms with Gasteiger partial charge in [0.05, 0.1) is 11.3 Å². The van der Waals surface area contributed by atoms with Gasteiger partial charge in [0, 0.05) is 13.1 Å². The van der Waals surface area contributed by atoms with E-state index in [-0.39, 0.29) is 15.8 Å². The maximum absolute atomic E-state index is 13.2. The number of rotatable bonds is 1. The Labute approximate surface area is 96.2 Å². The molecular formula is C10H7ClFNOS. The summed E-state index contributed by atoms with van der Waals surface area (Å²) in [4.78, 5) is 14.1. The third-order valence-corrected chi connectivity index (χ3v) is 2.38. The zero-order chi connectivity index (χ0) is 11.3. The first-order valence-electron chi connectivity index (χ1n) is 4.03. The Morgan fingerprint density at radius 1 is 1.73 bits per heavy atom. The summed E-state index contributed by atoms with van der Waals surface area (Å²) in [5.74, 6) is 4.97. The zero-order valence-electron chi connectivity index (χ0n) is 7.88. The summed E-state index contributed by atoms with van der Waals surface area (Å²) in [6, 6.07) is 1.44. The minimum absolute atomic E-state index is 0.0162. The molecule has 0 aromatic carbocycles. The molecule has 2 nitrogen and oxygen atoms in total. The lowest BCUT2D eigenvalue weighted by atomic mass is 10.2. The normalized spacial score (nSPS) is 9.27. The molecule has 1 rings (SSSR count). The average molecular weight is 244 g/mol. The lowest BCUT2D eigenvalue weighted by Gasteiger charge is -1.94. The van der Waals surface area contributed by atoms with E-state index >= 15 is 0 Å². The van der Waals surface area contributed by atoms with Crippen molar-refractivity contribution in [2.75, 3.05) is 5.75 Å². The first-order valence-corrected chi connectivity index (χ1v) is 5.40. The molecule has 0 atom stereocenters. The summed E-state index contributed by atoms with van der Waals surface area (Å²) in [5.41, 5.74) is 0.194. The predicted molar refractivity (Wildman–Crippen MR) is 59.2 cm³/mol. The molecule has 1 aromatic heterocycles. The van der Waals surface area contributed by atoms with Crippen molar-refractivity contribution in [1.82, 2.24) is 4.98 Å². The van der Waals surface area contributed by atoms with Gasteiger partial charge in [0.2, 0.25) is 0 Å². The van der Waals surface area contributed by atoms with Crippen molar-refractivity contribution < 1.29 is 9.18 Å². The minimum atomic E-state index is -0.625. The first kappa shape index (κ1) is 12.0. The maximum Gasteiger partial charge on any atom is 0.186 e. The summed E-state index contributed by atoms with van der Waals surface area (Å²) >= 11 is 6.54. The van der Waals surface area contributed by atoms with Crippen LogP contribution in [0.25, 0.3) is 0 Å². The summed E-state index contributed by atoms with van der Waals surface area (Å²) in [6.07, 6.45) is 1.38. The van der Waals surface area contributed by atoms with E-state index in [2.05, 4.69) is 16.8 Å². The Kier molecular flexibility index (Phi) is 4.60. The molecular weight excluding hydrogens is 237 g/mol. The van der Waals surface area contributed by atoms with Gasteiger partial charge in [0.15, 0.2) is 16.1 Å². The van der Waals surface area contributed by atoms with Gasteiger partial charge >= 0.3 is 0 Å². The molecule has 5 heteroatoms. The van der Waals surface area contributed by atoms with Crippen LogP contribution >= 0.6 is 23.4 Å². The topological polar surface area (TPSA) is 30.0 Å². The van der Waals surface area contributed by atoms with Crippen LogP contribution in [0.4, 0.5) is 4.39 Å². The highest BCUT2D eigenvalue weighted by Crippen LogP contribution is 2.13. The molecule has 0 unspecified atom stereocenters. The second-order valence-electron chi connectivity index (χ2n) is 2.55. The highest BCUT2D eigenvalue weighted by molar-refractivity contribution is 8.13. The van der Waals surface area contributed by atoms with Crippen molar-refractivity contribution in [3.05, 3.63) is 28.8 Å². The molecule has 0 aliphatic heterocycles. The minimum Gasteiger partial charge on any atom is -0.288 e. The van der Waals surface area contributed by atoms with Crippen molar-refractivity contribution in [2.24, 2.45) is 0 Å². The molecule has 0 bridgehead atoms. The average Bonchev–Trinajstić information content (AvgIpc) is 2.18. The molecule has 0 fully saturated rings. The number of carbonyl (C=O) groups excluding carboxylic acids is 1. The molecule has 0 spiro atoms. The summed E-state index contributed by atoms with van der Waals surface area (Å²) in [6.45, 7) is 1.45. The number of carbonyl (C=O) groups is 1. The van der Waals surface area contributed by atoms with Crippen molar-refractivity contribution in [2.45, 2.75) is 6.92 Å². The smallest absolute Gasteiger partial charge is 0.186 e. The molecule has 0 saturated carbocycles. The number of hydrogen-bond donors (Lipinski definition) is 0. The molecule has 0 amide bonds. The summed E-state index contributed by atoms with van der Waals surface area (Å²) in [5, 5.41) is -0.210. The fourth-order valence-corrected chi connectivity index (χ4v) is 1.29. The van der Waals surface area contributed by atoms with E-state index in [9.17, 15) is 9.18 Å². The zero-order valence-corrected chi connectivity index (χ0v) is 9.45. The number of aromatic nitrogens is 1. The number of pyridine rings is 1. The van der Waals surface area contributed by atoms with Crippen LogP contribution < -0.4 is 0 Å². The van der Waals surface area contributed by atoms with Crippen LogP contribution in [-0.4, -0.2) is 15.9 Å². The van der Waals surface area contributed by atoms with Gasteiger partial charge in [0.25, 0.3) is 0 Å². The third-order valence-electron chi connectivity index (χ3n) is 1.42. The quantitative estimate of drug-likeness (QED) is 0.561. The van der Waals surface area contributed by atoms with Crippen LogP contribution in [0.3, 0.4) is 0 Å². The number of nitrogens with zero attached hydrogens (tertiary/aromatic N) is 1. The van der Waals surface area contributed by atoms with E-state index in [1.165, 1.54) is 19.2 Å². The van der Waals surface area contributed by atoms with E-state index in [0.717, 1.165) is 11.8 Å². The van der Waals surface area contributed by atoms with Gasteiger partial charge in [-0.1, -0.05) is 35.2 Å². The molecule has 0 saturated heterocycles. The van der Waals surface area contributed by atoms with E-state index in [4.69, 9.17) is 11.6 Å². The van der Waals surface area contributed by atoms with Gasteiger partial charge in [-0.25, -0.2) is 9.37 Å². The second-order valence-corrected chi connectivity index (χ2v) is 4.06. The van der Waals surface area contributed by atoms with Crippen LogP contribution in [-0.2, 0) is 4.79 Å². The van der Waals surface area contributed by atoms with Crippen molar-refractivity contribution >= 4 is 28.5 Å². The van der Waals surface area contributed by atoms with E-state index in [0.29, 0.717) is 5.75 Å². The molecule has 0 radical (unpaired) electrons. The fraction of sp³-hybridized carbons (Fsp3) is 0.200. The standard InChI is InChI=1S/C10H7ClFNOS/c1-7(14)15-6-2-3-8-4-5-13-10(11)9(8)12/h4-5H,6H2,1H3. The van der Waals surface area contributed by atoms with E-state index < -0.39 is 5.82 Å². The molecule has 78 valence electrons. The second kappa shape index (κ2) is 5.74. The van der Waals surface area contributed by atoms with Crippen molar-refractivity contribution in [1.29, 1.82) is 0 Å². The van der Waals surface area contributed by atoms with Crippen molar-refractivity contribution in [3.63, 3.8) is 0 Å². The third kappa shape index (κ3) is 3.90. The fourth-order valence-electron chi connectivity index (χ4n) is 0.784. The molecule has 15 heavy (non-hydrogen) atoms. The Morgan fingerprint density at radius 3 is 3.13 bits per heavy atom. The number of thioether (sulfide) groups is 1. The molecule has 1 aromatic rings. The molecule has 0 N–H and O–H groups in total. The number of hydrogen-bond acceptors (Lipinski definition) is 3. The Morgan fingerprint density at radius 2 is 2.47 bits per heavy atom. The number of halogens is 2. The Balaban J connectivity index is 2.72. The highest BCUT2D eigenvalue weighted by atomic mass is 35.5. The van der Waals surface area contributed by atoms with Crippen LogP contribution in [0, 0.1) is 17.7 Å². The lowest BCUT2D eigenvalue weighted by molar-refractivity contribution is -0.109. The summed E-state index contributed by atoms with van der Waals surface area (Å²) < 4.78 is 13.2. The molecule has 0 aliphatic carbocycles. The first-order chi connectivity index (χ1) is 7.11. The monoisotopic (exact) mass is 243 g/mol. The van der Waals surface area contributed by atoms with Gasteiger partial charge < -0.3 is 0 Å². The maximum atomic E-state index is 13.2. The van der Waals surface area contributed by atoms with Gasteiger partial charge in [-0.2, -0.15) is 0 Å². The van der Waals surface area contributed by atoms with Crippen LogP contribution in [0.5, 0.6) is 0 Å². The summed E-state index contributed by atoms with van der Waals surface area (Å²) in [7, 11) is 0. The lowest BCUT2D eigenvalue weighted by Crippen LogP contribution is -1.88. The SMILES string of the molecule is CC(=O)SCC#Cc1ccnc(Cl)c1F. The Hall–Kier alpha value is -1.05. The van der Waals surface area contributed by atoms with Gasteiger partial charge in [-0.3, -0.25) is 4.79 Å². The Bertz CT molecular complexity index is 439. The van der Waals surface area contributed by atoms with Gasteiger partial charge in [0.1, 0.15) is 0 Å². The van der Waals surface area contributed by atoms with Crippen molar-refractivity contribution in [3.8, 4) is 11.8 Å². The largest absolute Gasteiger partial charge is 0.288 e. The molecule has 1 heterocycles.